The Labute approximate surface area is 133 Å². The molecule has 0 heterocycles. The molecule has 0 aromatic carbocycles. The van der Waals surface area contributed by atoms with E-state index in [0.29, 0.717) is 5.37 Å². The fourth-order valence-corrected chi connectivity index (χ4v) is 5.81. The molecule has 0 N–H and O–H groups in total. The zero-order valence-corrected chi connectivity index (χ0v) is 16.3. The molecular formula is C15H33INS+. The molecule has 110 valence electrons. The molecule has 3 unspecified atom stereocenters. The van der Waals surface area contributed by atoms with Gasteiger partial charge in [-0.05, 0) is 25.5 Å². The zero-order chi connectivity index (χ0) is 14.3. The normalized spacial score (nSPS) is 20.5. The monoisotopic (exact) mass is 386 g/mol. The average molecular weight is 386 g/mol. The SMILES string of the molecule is CCC[N+](C)(C(C)SCC)C(C(C)C)[C@@H](I)CC. The largest absolute Gasteiger partial charge is 0.312 e. The van der Waals surface area contributed by atoms with Gasteiger partial charge in [-0.15, -0.1) is 0 Å². The maximum Gasteiger partial charge on any atom is 0.133 e. The van der Waals surface area contributed by atoms with Gasteiger partial charge < -0.3 is 4.48 Å². The Balaban J connectivity index is 5.22. The van der Waals surface area contributed by atoms with Crippen molar-refractivity contribution in [2.45, 2.75) is 69.7 Å². The minimum atomic E-state index is 0.700. The Morgan fingerprint density at radius 3 is 2.00 bits per heavy atom. The van der Waals surface area contributed by atoms with E-state index in [9.17, 15) is 0 Å². The summed E-state index contributed by atoms with van der Waals surface area (Å²) in [7, 11) is 2.49. The van der Waals surface area contributed by atoms with E-state index in [1.807, 2.05) is 0 Å². The van der Waals surface area contributed by atoms with Crippen LogP contribution in [0.1, 0.15) is 54.4 Å². The van der Waals surface area contributed by atoms with Crippen molar-refractivity contribution in [3.8, 4) is 0 Å². The molecule has 0 aromatic rings. The lowest BCUT2D eigenvalue weighted by Crippen LogP contribution is -2.62. The van der Waals surface area contributed by atoms with Gasteiger partial charge >= 0.3 is 0 Å². The third-order valence-electron chi connectivity index (χ3n) is 4.07. The standard InChI is InChI=1S/C15H33INS/c1-8-11-17(7,13(6)18-10-3)15(12(4)5)14(16)9-2/h12-15H,8-11H2,1-7H3/q+1/t13?,14-,15?,17?/m0/s1. The van der Waals surface area contributed by atoms with Crippen molar-refractivity contribution in [1.29, 1.82) is 0 Å². The van der Waals surface area contributed by atoms with E-state index in [4.69, 9.17) is 0 Å². The van der Waals surface area contributed by atoms with Crippen LogP contribution in [-0.4, -0.2) is 39.2 Å². The number of rotatable bonds is 9. The van der Waals surface area contributed by atoms with Crippen LogP contribution in [0.3, 0.4) is 0 Å². The topological polar surface area (TPSA) is 0 Å². The van der Waals surface area contributed by atoms with Crippen LogP contribution in [0.15, 0.2) is 0 Å². The number of hydrogen-bond donors (Lipinski definition) is 0. The fraction of sp³-hybridized carbons (Fsp3) is 1.00. The average Bonchev–Trinajstić information content (AvgIpc) is 2.28. The van der Waals surface area contributed by atoms with Crippen LogP contribution in [0.5, 0.6) is 0 Å². The number of thioether (sulfide) groups is 1. The molecule has 0 bridgehead atoms. The van der Waals surface area contributed by atoms with E-state index in [0.717, 1.165) is 15.9 Å². The maximum atomic E-state index is 2.68. The van der Waals surface area contributed by atoms with Gasteiger partial charge in [0, 0.05) is 5.92 Å². The van der Waals surface area contributed by atoms with Gasteiger partial charge in [0.2, 0.25) is 0 Å². The predicted octanol–water partition coefficient (Wildman–Crippen LogP) is 5.18. The van der Waals surface area contributed by atoms with Crippen LogP contribution >= 0.6 is 34.4 Å². The van der Waals surface area contributed by atoms with Crippen LogP contribution in [0, 0.1) is 5.92 Å². The molecule has 0 fully saturated rings. The van der Waals surface area contributed by atoms with Crippen LogP contribution < -0.4 is 0 Å². The number of hydrogen-bond acceptors (Lipinski definition) is 1. The molecule has 0 amide bonds. The van der Waals surface area contributed by atoms with E-state index in [1.54, 1.807) is 0 Å². The molecule has 0 aliphatic heterocycles. The van der Waals surface area contributed by atoms with E-state index < -0.39 is 0 Å². The summed E-state index contributed by atoms with van der Waals surface area (Å²) in [6, 6.07) is 0.768. The van der Waals surface area contributed by atoms with Crippen molar-refractivity contribution >= 4 is 34.4 Å². The molecule has 0 aromatic heterocycles. The van der Waals surface area contributed by atoms with Crippen LogP contribution in [-0.2, 0) is 0 Å². The molecule has 0 saturated carbocycles. The van der Waals surface area contributed by atoms with Gasteiger partial charge in [0.15, 0.2) is 0 Å². The van der Waals surface area contributed by atoms with Gasteiger partial charge in [-0.1, -0.05) is 69.0 Å². The summed E-state index contributed by atoms with van der Waals surface area (Å²) in [5.74, 6) is 1.98. The molecule has 0 spiro atoms. The van der Waals surface area contributed by atoms with E-state index >= 15 is 0 Å². The highest BCUT2D eigenvalue weighted by atomic mass is 127. The van der Waals surface area contributed by atoms with Crippen molar-refractivity contribution in [3.63, 3.8) is 0 Å². The van der Waals surface area contributed by atoms with Gasteiger partial charge in [-0.25, -0.2) is 0 Å². The quantitative estimate of drug-likeness (QED) is 0.228. The Bertz CT molecular complexity index is 223. The first-order chi connectivity index (χ1) is 8.34. The van der Waals surface area contributed by atoms with Crippen molar-refractivity contribution < 1.29 is 4.48 Å². The molecule has 18 heavy (non-hydrogen) atoms. The van der Waals surface area contributed by atoms with Gasteiger partial charge in [0.25, 0.3) is 0 Å². The Morgan fingerprint density at radius 2 is 1.67 bits per heavy atom. The molecule has 0 rings (SSSR count). The molecule has 1 nitrogen and oxygen atoms in total. The highest BCUT2D eigenvalue weighted by molar-refractivity contribution is 14.1. The Kier molecular flexibility index (Phi) is 9.59. The lowest BCUT2D eigenvalue weighted by Gasteiger charge is -2.49. The lowest BCUT2D eigenvalue weighted by molar-refractivity contribution is -0.943. The van der Waals surface area contributed by atoms with E-state index in [1.165, 1.54) is 29.6 Å². The first-order valence-electron chi connectivity index (χ1n) is 7.45. The summed E-state index contributed by atoms with van der Waals surface area (Å²) in [5, 5.41) is 0.700. The smallest absolute Gasteiger partial charge is 0.133 e. The summed E-state index contributed by atoms with van der Waals surface area (Å²) in [6.45, 7) is 15.5. The zero-order valence-electron chi connectivity index (χ0n) is 13.4. The first-order valence-corrected chi connectivity index (χ1v) is 9.75. The second-order valence-corrected chi connectivity index (χ2v) is 8.98. The summed E-state index contributed by atoms with van der Waals surface area (Å²) in [4.78, 5) is 0. The Morgan fingerprint density at radius 1 is 1.11 bits per heavy atom. The summed E-state index contributed by atoms with van der Waals surface area (Å²) >= 11 is 4.81. The second kappa shape index (κ2) is 9.06. The predicted molar refractivity (Wildman–Crippen MR) is 95.7 cm³/mol. The van der Waals surface area contributed by atoms with Crippen LogP contribution in [0.2, 0.25) is 0 Å². The molecule has 0 radical (unpaired) electrons. The molecular weight excluding hydrogens is 353 g/mol. The maximum absolute atomic E-state index is 2.68. The third kappa shape index (κ3) is 4.86. The van der Waals surface area contributed by atoms with Gasteiger partial charge in [-0.2, -0.15) is 0 Å². The van der Waals surface area contributed by atoms with Gasteiger partial charge in [0.05, 0.1) is 17.5 Å². The van der Waals surface area contributed by atoms with Crippen molar-refractivity contribution in [2.24, 2.45) is 5.92 Å². The molecule has 0 aliphatic carbocycles. The minimum Gasteiger partial charge on any atom is -0.312 e. The summed E-state index contributed by atoms with van der Waals surface area (Å²) < 4.78 is 2.01. The number of quaternary nitrogens is 1. The summed E-state index contributed by atoms with van der Waals surface area (Å²) in [5.41, 5.74) is 0. The lowest BCUT2D eigenvalue weighted by atomic mass is 9.95. The Hall–Kier alpha value is 1.04. The summed E-state index contributed by atoms with van der Waals surface area (Å²) in [6.07, 6.45) is 2.56. The molecule has 4 atom stereocenters. The molecule has 0 saturated heterocycles. The van der Waals surface area contributed by atoms with E-state index in [-0.39, 0.29) is 0 Å². The van der Waals surface area contributed by atoms with Crippen molar-refractivity contribution in [3.05, 3.63) is 0 Å². The van der Waals surface area contributed by atoms with Gasteiger partial charge in [-0.3, -0.25) is 0 Å². The number of halogens is 1. The highest BCUT2D eigenvalue weighted by Gasteiger charge is 2.42. The van der Waals surface area contributed by atoms with Crippen molar-refractivity contribution in [1.82, 2.24) is 0 Å². The van der Waals surface area contributed by atoms with E-state index in [2.05, 4.69) is 82.9 Å². The van der Waals surface area contributed by atoms with Crippen molar-refractivity contribution in [2.75, 3.05) is 19.3 Å². The number of nitrogens with zero attached hydrogens (tertiary/aromatic N) is 1. The highest BCUT2D eigenvalue weighted by Crippen LogP contribution is 2.34. The molecule has 3 heteroatoms. The minimum absolute atomic E-state index is 0.700. The molecule has 0 aliphatic rings. The third-order valence-corrected chi connectivity index (χ3v) is 6.98. The van der Waals surface area contributed by atoms with Crippen LogP contribution in [0.4, 0.5) is 0 Å². The number of alkyl halides is 1. The fourth-order valence-electron chi connectivity index (χ4n) is 3.18. The first kappa shape index (κ1) is 19.0. The second-order valence-electron chi connectivity index (χ2n) is 5.78. The van der Waals surface area contributed by atoms with Gasteiger partial charge in [0.1, 0.15) is 11.4 Å². The van der Waals surface area contributed by atoms with Crippen LogP contribution in [0.25, 0.3) is 0 Å².